The van der Waals surface area contributed by atoms with E-state index in [0.717, 1.165) is 12.1 Å². The van der Waals surface area contributed by atoms with E-state index in [2.05, 4.69) is 10.9 Å². The number of rotatable bonds is 4. The van der Waals surface area contributed by atoms with E-state index in [1.807, 2.05) is 0 Å². The summed E-state index contributed by atoms with van der Waals surface area (Å²) in [4.78, 5) is 23.9. The highest BCUT2D eigenvalue weighted by molar-refractivity contribution is 6.36. The zero-order valence-corrected chi connectivity index (χ0v) is 14.3. The van der Waals surface area contributed by atoms with Crippen LogP contribution in [-0.4, -0.2) is 17.9 Å². The molecule has 9 heteroatoms. The van der Waals surface area contributed by atoms with Gasteiger partial charge in [-0.3, -0.25) is 20.4 Å². The van der Waals surface area contributed by atoms with E-state index in [-0.39, 0.29) is 21.4 Å². The minimum absolute atomic E-state index is 0.0752. The van der Waals surface area contributed by atoms with Crippen LogP contribution in [-0.2, 0) is 4.79 Å². The standard InChI is InChI=1S/C16H12Cl2F2N2O3/c1-8(25-10-4-2-9(19)3-5-10)15(23)21-22-16(24)11-6-14(20)13(18)7-12(11)17/h2-8H,1H3,(H,21,23)(H,22,24). The Kier molecular flexibility index (Phi) is 6.17. The van der Waals surface area contributed by atoms with Gasteiger partial charge in [-0.05, 0) is 43.3 Å². The molecule has 2 aromatic rings. The zero-order chi connectivity index (χ0) is 18.6. The van der Waals surface area contributed by atoms with Crippen molar-refractivity contribution in [2.45, 2.75) is 13.0 Å². The molecule has 0 spiro atoms. The van der Waals surface area contributed by atoms with E-state index in [1.54, 1.807) is 0 Å². The van der Waals surface area contributed by atoms with Crippen LogP contribution in [0.25, 0.3) is 0 Å². The quantitative estimate of drug-likeness (QED) is 0.622. The lowest BCUT2D eigenvalue weighted by molar-refractivity contribution is -0.128. The molecule has 0 bridgehead atoms. The molecule has 0 radical (unpaired) electrons. The van der Waals surface area contributed by atoms with E-state index in [1.165, 1.54) is 31.2 Å². The maximum atomic E-state index is 13.4. The highest BCUT2D eigenvalue weighted by atomic mass is 35.5. The fraction of sp³-hybridized carbons (Fsp3) is 0.125. The maximum absolute atomic E-state index is 13.4. The second-order valence-corrected chi connectivity index (χ2v) is 5.72. The Bertz CT molecular complexity index is 801. The van der Waals surface area contributed by atoms with Crippen LogP contribution in [0.3, 0.4) is 0 Å². The van der Waals surface area contributed by atoms with E-state index in [9.17, 15) is 18.4 Å². The maximum Gasteiger partial charge on any atom is 0.279 e. The lowest BCUT2D eigenvalue weighted by Gasteiger charge is -2.15. The Balaban J connectivity index is 1.93. The van der Waals surface area contributed by atoms with Crippen molar-refractivity contribution in [3.05, 3.63) is 63.6 Å². The first-order valence-corrected chi connectivity index (χ1v) is 7.70. The van der Waals surface area contributed by atoms with Crippen molar-refractivity contribution >= 4 is 35.0 Å². The molecule has 0 heterocycles. The van der Waals surface area contributed by atoms with E-state index in [0.29, 0.717) is 0 Å². The van der Waals surface area contributed by atoms with Gasteiger partial charge >= 0.3 is 0 Å². The molecule has 2 N–H and O–H groups in total. The summed E-state index contributed by atoms with van der Waals surface area (Å²) in [7, 11) is 0. The van der Waals surface area contributed by atoms with Gasteiger partial charge in [0.1, 0.15) is 17.4 Å². The van der Waals surface area contributed by atoms with Gasteiger partial charge < -0.3 is 4.74 Å². The fourth-order valence-electron chi connectivity index (χ4n) is 1.75. The molecule has 2 amide bonds. The number of hydrazine groups is 1. The second kappa shape index (κ2) is 8.13. The van der Waals surface area contributed by atoms with E-state index >= 15 is 0 Å². The van der Waals surface area contributed by atoms with Crippen molar-refractivity contribution < 1.29 is 23.1 Å². The van der Waals surface area contributed by atoms with Crippen molar-refractivity contribution in [2.24, 2.45) is 0 Å². The first kappa shape index (κ1) is 19.0. The topological polar surface area (TPSA) is 67.4 Å². The minimum Gasteiger partial charge on any atom is -0.481 e. The lowest BCUT2D eigenvalue weighted by atomic mass is 10.2. The molecule has 2 rings (SSSR count). The molecule has 0 aliphatic heterocycles. The number of halogens is 4. The minimum atomic E-state index is -0.983. The molecule has 132 valence electrons. The average Bonchev–Trinajstić information content (AvgIpc) is 2.57. The first-order valence-electron chi connectivity index (χ1n) is 6.95. The first-order chi connectivity index (χ1) is 11.8. The number of nitrogens with one attached hydrogen (secondary N) is 2. The Hall–Kier alpha value is -2.38. The third-order valence-electron chi connectivity index (χ3n) is 3.05. The number of amides is 2. The van der Waals surface area contributed by atoms with Gasteiger partial charge in [-0.2, -0.15) is 0 Å². The van der Waals surface area contributed by atoms with E-state index < -0.39 is 29.6 Å². The molecule has 5 nitrogen and oxygen atoms in total. The summed E-state index contributed by atoms with van der Waals surface area (Å²) >= 11 is 11.4. The predicted octanol–water partition coefficient (Wildman–Crippen LogP) is 3.50. The lowest BCUT2D eigenvalue weighted by Crippen LogP contribution is -2.47. The third kappa shape index (κ3) is 5.04. The van der Waals surface area contributed by atoms with Gasteiger partial charge in [0.05, 0.1) is 15.6 Å². The summed E-state index contributed by atoms with van der Waals surface area (Å²) < 4.78 is 31.5. The molecule has 0 aromatic heterocycles. The Morgan fingerprint density at radius 3 is 2.32 bits per heavy atom. The van der Waals surface area contributed by atoms with Gasteiger partial charge in [-0.1, -0.05) is 23.2 Å². The summed E-state index contributed by atoms with van der Waals surface area (Å²) in [6, 6.07) is 7.00. The zero-order valence-electron chi connectivity index (χ0n) is 12.8. The van der Waals surface area contributed by atoms with Gasteiger partial charge in [-0.15, -0.1) is 0 Å². The number of hydrogen-bond acceptors (Lipinski definition) is 3. The monoisotopic (exact) mass is 388 g/mol. The van der Waals surface area contributed by atoms with Gasteiger partial charge in [0, 0.05) is 0 Å². The van der Waals surface area contributed by atoms with Crippen LogP contribution in [0.5, 0.6) is 5.75 Å². The summed E-state index contributed by atoms with van der Waals surface area (Å²) in [6.07, 6.45) is -0.983. The molecular formula is C16H12Cl2F2N2O3. The smallest absolute Gasteiger partial charge is 0.279 e. The highest BCUT2D eigenvalue weighted by Crippen LogP contribution is 2.24. The molecule has 25 heavy (non-hydrogen) atoms. The van der Waals surface area contributed by atoms with Gasteiger partial charge in [0.15, 0.2) is 6.10 Å². The Morgan fingerprint density at radius 1 is 1.04 bits per heavy atom. The van der Waals surface area contributed by atoms with Crippen molar-refractivity contribution in [3.63, 3.8) is 0 Å². The summed E-state index contributed by atoms with van der Waals surface area (Å²) in [5.41, 5.74) is 4.01. The van der Waals surface area contributed by atoms with Gasteiger partial charge in [0.2, 0.25) is 0 Å². The van der Waals surface area contributed by atoms with Gasteiger partial charge in [0.25, 0.3) is 11.8 Å². The molecule has 1 unspecified atom stereocenters. The summed E-state index contributed by atoms with van der Waals surface area (Å²) in [5, 5.41) is -0.305. The number of carbonyl (C=O) groups excluding carboxylic acids is 2. The van der Waals surface area contributed by atoms with Crippen LogP contribution in [0.1, 0.15) is 17.3 Å². The largest absolute Gasteiger partial charge is 0.481 e. The van der Waals surface area contributed by atoms with Crippen LogP contribution in [0.2, 0.25) is 10.0 Å². The third-order valence-corrected chi connectivity index (χ3v) is 3.65. The molecular weight excluding hydrogens is 377 g/mol. The van der Waals surface area contributed by atoms with Crippen molar-refractivity contribution in [1.82, 2.24) is 10.9 Å². The van der Waals surface area contributed by atoms with Crippen molar-refractivity contribution in [2.75, 3.05) is 0 Å². The molecule has 2 aromatic carbocycles. The Morgan fingerprint density at radius 2 is 1.68 bits per heavy atom. The molecule has 0 aliphatic rings. The molecule has 1 atom stereocenters. The SMILES string of the molecule is CC(Oc1ccc(F)cc1)C(=O)NNC(=O)c1cc(F)c(Cl)cc1Cl. The van der Waals surface area contributed by atoms with Crippen LogP contribution >= 0.6 is 23.2 Å². The number of benzene rings is 2. The normalized spacial score (nSPS) is 11.6. The molecule has 0 aliphatic carbocycles. The van der Waals surface area contributed by atoms with Crippen molar-refractivity contribution in [3.8, 4) is 5.75 Å². The van der Waals surface area contributed by atoms with Crippen LogP contribution in [0, 0.1) is 11.6 Å². The molecule has 0 fully saturated rings. The van der Waals surface area contributed by atoms with Crippen LogP contribution in [0.4, 0.5) is 8.78 Å². The Labute approximate surface area is 151 Å². The average molecular weight is 389 g/mol. The van der Waals surface area contributed by atoms with Crippen molar-refractivity contribution in [1.29, 1.82) is 0 Å². The second-order valence-electron chi connectivity index (χ2n) is 4.90. The molecule has 0 saturated heterocycles. The van der Waals surface area contributed by atoms with Crippen LogP contribution in [0.15, 0.2) is 36.4 Å². The summed E-state index contributed by atoms with van der Waals surface area (Å²) in [5.74, 6) is -2.50. The summed E-state index contributed by atoms with van der Waals surface area (Å²) in [6.45, 7) is 1.43. The van der Waals surface area contributed by atoms with E-state index in [4.69, 9.17) is 27.9 Å². The van der Waals surface area contributed by atoms with Gasteiger partial charge in [-0.25, -0.2) is 8.78 Å². The molecule has 0 saturated carbocycles. The highest BCUT2D eigenvalue weighted by Gasteiger charge is 2.18. The predicted molar refractivity (Wildman–Crippen MR) is 88.5 cm³/mol. The number of carbonyl (C=O) groups is 2. The fourth-order valence-corrected chi connectivity index (χ4v) is 2.22. The number of ether oxygens (including phenoxy) is 1. The van der Waals surface area contributed by atoms with Crippen LogP contribution < -0.4 is 15.6 Å². The number of hydrogen-bond donors (Lipinski definition) is 2.